The summed E-state index contributed by atoms with van der Waals surface area (Å²) in [6.45, 7) is 4.77. The van der Waals surface area contributed by atoms with E-state index in [0.717, 1.165) is 39.0 Å². The van der Waals surface area contributed by atoms with Crippen LogP contribution in [0.5, 0.6) is 0 Å². The first-order valence-corrected chi connectivity index (χ1v) is 8.49. The Morgan fingerprint density at radius 1 is 1.05 bits per heavy atom. The zero-order valence-corrected chi connectivity index (χ0v) is 13.2. The van der Waals surface area contributed by atoms with Gasteiger partial charge in [0.05, 0.1) is 19.3 Å². The van der Waals surface area contributed by atoms with Gasteiger partial charge >= 0.3 is 0 Å². The fourth-order valence-corrected chi connectivity index (χ4v) is 3.33. The summed E-state index contributed by atoms with van der Waals surface area (Å²) < 4.78 is 5.87. The highest BCUT2D eigenvalue weighted by Crippen LogP contribution is 2.22. The van der Waals surface area contributed by atoms with Crippen molar-refractivity contribution in [2.45, 2.75) is 31.8 Å². The standard InChI is InChI=1S/C18H26N2O2/c21-18(20-10-6-1-2-7-11-20)15-19-12-13-22-17(14-19)16-8-4-3-5-9-16/h3-5,8-9,17H,1-2,6-7,10-15H2/t17-/m0/s1. The van der Waals surface area contributed by atoms with Crippen molar-refractivity contribution >= 4 is 5.91 Å². The first kappa shape index (κ1) is 15.5. The van der Waals surface area contributed by atoms with Crippen LogP contribution in [0.3, 0.4) is 0 Å². The lowest BCUT2D eigenvalue weighted by Crippen LogP contribution is -2.45. The number of carbonyl (C=O) groups is 1. The van der Waals surface area contributed by atoms with Gasteiger partial charge in [-0.2, -0.15) is 0 Å². The highest BCUT2D eigenvalue weighted by molar-refractivity contribution is 5.78. The molecule has 1 atom stereocenters. The number of rotatable bonds is 3. The van der Waals surface area contributed by atoms with Crippen molar-refractivity contribution < 1.29 is 9.53 Å². The number of hydrogen-bond acceptors (Lipinski definition) is 3. The molecule has 3 rings (SSSR count). The third-order valence-electron chi connectivity index (χ3n) is 4.64. The topological polar surface area (TPSA) is 32.8 Å². The van der Waals surface area contributed by atoms with Crippen molar-refractivity contribution in [3.05, 3.63) is 35.9 Å². The van der Waals surface area contributed by atoms with Gasteiger partial charge in [-0.15, -0.1) is 0 Å². The van der Waals surface area contributed by atoms with Crippen LogP contribution in [-0.4, -0.2) is 55.0 Å². The minimum Gasteiger partial charge on any atom is -0.371 e. The predicted molar refractivity (Wildman–Crippen MR) is 86.6 cm³/mol. The van der Waals surface area contributed by atoms with Crippen LogP contribution < -0.4 is 0 Å². The Labute approximate surface area is 133 Å². The Balaban J connectivity index is 1.54. The van der Waals surface area contributed by atoms with Crippen LogP contribution in [0.1, 0.15) is 37.4 Å². The number of carbonyl (C=O) groups excluding carboxylic acids is 1. The second-order valence-electron chi connectivity index (χ2n) is 6.30. The highest BCUT2D eigenvalue weighted by atomic mass is 16.5. The molecule has 22 heavy (non-hydrogen) atoms. The molecule has 0 N–H and O–H groups in total. The second-order valence-corrected chi connectivity index (χ2v) is 6.30. The molecule has 4 nitrogen and oxygen atoms in total. The smallest absolute Gasteiger partial charge is 0.236 e. The van der Waals surface area contributed by atoms with Gasteiger partial charge < -0.3 is 9.64 Å². The molecule has 2 heterocycles. The summed E-state index contributed by atoms with van der Waals surface area (Å²) in [5.41, 5.74) is 1.20. The normalized spacial score (nSPS) is 24.0. The Kier molecular flexibility index (Phi) is 5.46. The van der Waals surface area contributed by atoms with Crippen LogP contribution in [0.15, 0.2) is 30.3 Å². The van der Waals surface area contributed by atoms with Gasteiger partial charge in [-0.05, 0) is 18.4 Å². The summed E-state index contributed by atoms with van der Waals surface area (Å²) in [5, 5.41) is 0. The lowest BCUT2D eigenvalue weighted by Gasteiger charge is -2.34. The van der Waals surface area contributed by atoms with Crippen molar-refractivity contribution in [1.29, 1.82) is 0 Å². The van der Waals surface area contributed by atoms with Gasteiger partial charge in [-0.25, -0.2) is 0 Å². The molecule has 2 aliphatic rings. The van der Waals surface area contributed by atoms with E-state index in [9.17, 15) is 4.79 Å². The Morgan fingerprint density at radius 2 is 1.77 bits per heavy atom. The highest BCUT2D eigenvalue weighted by Gasteiger charge is 2.25. The third-order valence-corrected chi connectivity index (χ3v) is 4.64. The molecule has 0 saturated carbocycles. The van der Waals surface area contributed by atoms with E-state index in [2.05, 4.69) is 21.9 Å². The molecule has 0 aromatic heterocycles. The van der Waals surface area contributed by atoms with E-state index in [4.69, 9.17) is 4.74 Å². The quantitative estimate of drug-likeness (QED) is 0.860. The minimum absolute atomic E-state index is 0.0897. The first-order chi connectivity index (χ1) is 10.8. The lowest BCUT2D eigenvalue weighted by molar-refractivity contribution is -0.134. The van der Waals surface area contributed by atoms with E-state index in [-0.39, 0.29) is 12.0 Å². The van der Waals surface area contributed by atoms with Gasteiger partial charge in [0, 0.05) is 26.2 Å². The van der Waals surface area contributed by atoms with Crippen LogP contribution in [-0.2, 0) is 9.53 Å². The summed E-state index contributed by atoms with van der Waals surface area (Å²) in [6, 6.07) is 10.3. The second kappa shape index (κ2) is 7.75. The van der Waals surface area contributed by atoms with Gasteiger partial charge in [0.2, 0.25) is 5.91 Å². The molecule has 0 bridgehead atoms. The summed E-state index contributed by atoms with van der Waals surface area (Å²) >= 11 is 0. The van der Waals surface area contributed by atoms with E-state index in [0.29, 0.717) is 13.2 Å². The third kappa shape index (κ3) is 4.08. The summed E-state index contributed by atoms with van der Waals surface area (Å²) in [6.07, 6.45) is 4.92. The van der Waals surface area contributed by atoms with Crippen LogP contribution in [0.2, 0.25) is 0 Å². The molecule has 0 spiro atoms. The first-order valence-electron chi connectivity index (χ1n) is 8.49. The average molecular weight is 302 g/mol. The molecule has 1 amide bonds. The van der Waals surface area contributed by atoms with E-state index < -0.39 is 0 Å². The number of benzene rings is 1. The Hall–Kier alpha value is -1.39. The predicted octanol–water partition coefficient (Wildman–Crippen LogP) is 2.46. The van der Waals surface area contributed by atoms with E-state index in [1.165, 1.54) is 18.4 Å². The summed E-state index contributed by atoms with van der Waals surface area (Å²) in [5.74, 6) is 0.288. The van der Waals surface area contributed by atoms with Gasteiger partial charge in [-0.1, -0.05) is 43.2 Å². The van der Waals surface area contributed by atoms with Crippen LogP contribution in [0.4, 0.5) is 0 Å². The zero-order valence-electron chi connectivity index (χ0n) is 13.2. The van der Waals surface area contributed by atoms with Crippen molar-refractivity contribution in [2.75, 3.05) is 39.3 Å². The van der Waals surface area contributed by atoms with Crippen molar-refractivity contribution in [2.24, 2.45) is 0 Å². The number of amides is 1. The molecule has 0 unspecified atom stereocenters. The van der Waals surface area contributed by atoms with Gasteiger partial charge in [0.15, 0.2) is 0 Å². The van der Waals surface area contributed by atoms with Gasteiger partial charge in [0.25, 0.3) is 0 Å². The van der Waals surface area contributed by atoms with Crippen molar-refractivity contribution in [3.63, 3.8) is 0 Å². The molecule has 4 heteroatoms. The molecule has 2 fully saturated rings. The Bertz CT molecular complexity index is 469. The number of likely N-dealkylation sites (tertiary alicyclic amines) is 1. The monoisotopic (exact) mass is 302 g/mol. The molecular formula is C18H26N2O2. The van der Waals surface area contributed by atoms with Crippen LogP contribution in [0, 0.1) is 0 Å². The summed E-state index contributed by atoms with van der Waals surface area (Å²) in [7, 11) is 0. The SMILES string of the molecule is O=C(CN1CCO[C@H](c2ccccc2)C1)N1CCCCCC1. The van der Waals surface area contributed by atoms with E-state index in [1.807, 2.05) is 18.2 Å². The Morgan fingerprint density at radius 3 is 2.50 bits per heavy atom. The number of ether oxygens (including phenoxy) is 1. The fraction of sp³-hybridized carbons (Fsp3) is 0.611. The molecule has 0 aliphatic carbocycles. The van der Waals surface area contributed by atoms with E-state index in [1.54, 1.807) is 0 Å². The van der Waals surface area contributed by atoms with Gasteiger partial charge in [0.1, 0.15) is 0 Å². The molecule has 1 aromatic carbocycles. The van der Waals surface area contributed by atoms with Crippen molar-refractivity contribution in [1.82, 2.24) is 9.80 Å². The molecule has 0 radical (unpaired) electrons. The maximum atomic E-state index is 12.5. The molecule has 2 aliphatic heterocycles. The largest absolute Gasteiger partial charge is 0.371 e. The minimum atomic E-state index is 0.0897. The number of hydrogen-bond donors (Lipinski definition) is 0. The number of nitrogens with zero attached hydrogens (tertiary/aromatic N) is 2. The van der Waals surface area contributed by atoms with Crippen LogP contribution >= 0.6 is 0 Å². The van der Waals surface area contributed by atoms with Gasteiger partial charge in [-0.3, -0.25) is 9.69 Å². The average Bonchev–Trinajstić information content (AvgIpc) is 2.85. The lowest BCUT2D eigenvalue weighted by atomic mass is 10.1. The summed E-state index contributed by atoms with van der Waals surface area (Å²) in [4.78, 5) is 16.8. The zero-order chi connectivity index (χ0) is 15.2. The molecule has 120 valence electrons. The molecule has 1 aromatic rings. The molecule has 2 saturated heterocycles. The van der Waals surface area contributed by atoms with Crippen molar-refractivity contribution in [3.8, 4) is 0 Å². The van der Waals surface area contributed by atoms with E-state index >= 15 is 0 Å². The molecular weight excluding hydrogens is 276 g/mol. The maximum Gasteiger partial charge on any atom is 0.236 e. The number of morpholine rings is 1. The fourth-order valence-electron chi connectivity index (χ4n) is 3.33. The van der Waals surface area contributed by atoms with Crippen LogP contribution in [0.25, 0.3) is 0 Å². The maximum absolute atomic E-state index is 12.5.